The summed E-state index contributed by atoms with van der Waals surface area (Å²) in [7, 11) is 0. The van der Waals surface area contributed by atoms with Crippen LogP contribution in [0, 0.1) is 13.8 Å². The number of benzene rings is 4. The van der Waals surface area contributed by atoms with Crippen molar-refractivity contribution in [2.24, 2.45) is 0 Å². The van der Waals surface area contributed by atoms with Crippen LogP contribution in [0.1, 0.15) is 11.1 Å². The number of carbonyl (C=O) groups excluding carboxylic acids is 1. The molecule has 5 nitrogen and oxygen atoms in total. The fourth-order valence-corrected chi connectivity index (χ4v) is 4.80. The Hall–Kier alpha value is -3.90. The fourth-order valence-electron chi connectivity index (χ4n) is 3.99. The van der Waals surface area contributed by atoms with Gasteiger partial charge in [0.25, 0.3) is 5.56 Å². The standard InChI is InChI=1S/C28H23N3O2S/c1-18-8-7-13-25(19(18)2)31-27(33)23-11-5-6-12-24(23)30-28(31)34-17-26(32)29-22-15-14-20-9-3-4-10-21(20)16-22/h3-16H,17H2,1-2H3,(H,29,32). The van der Waals surface area contributed by atoms with Gasteiger partial charge in [-0.05, 0) is 66.1 Å². The summed E-state index contributed by atoms with van der Waals surface area (Å²) in [5.74, 6) is -0.0298. The van der Waals surface area contributed by atoms with Gasteiger partial charge in [0.1, 0.15) is 0 Å². The maximum atomic E-state index is 13.5. The van der Waals surface area contributed by atoms with Crippen LogP contribution in [0.2, 0.25) is 0 Å². The first-order valence-corrected chi connectivity index (χ1v) is 12.0. The van der Waals surface area contributed by atoms with Crippen LogP contribution in [0.3, 0.4) is 0 Å². The summed E-state index contributed by atoms with van der Waals surface area (Å²) in [5, 5.41) is 6.18. The summed E-state index contributed by atoms with van der Waals surface area (Å²) < 4.78 is 1.62. The number of aromatic nitrogens is 2. The molecule has 1 amide bonds. The molecule has 0 bridgehead atoms. The number of amides is 1. The number of hydrogen-bond donors (Lipinski definition) is 1. The maximum absolute atomic E-state index is 13.5. The Morgan fingerprint density at radius 1 is 0.912 bits per heavy atom. The second-order valence-corrected chi connectivity index (χ2v) is 9.11. The molecule has 0 aliphatic rings. The van der Waals surface area contributed by atoms with E-state index in [1.807, 2.05) is 92.7 Å². The molecule has 0 radical (unpaired) electrons. The van der Waals surface area contributed by atoms with Crippen LogP contribution in [0.4, 0.5) is 5.69 Å². The van der Waals surface area contributed by atoms with Gasteiger partial charge in [-0.2, -0.15) is 0 Å². The van der Waals surface area contributed by atoms with E-state index in [4.69, 9.17) is 4.98 Å². The third-order valence-electron chi connectivity index (χ3n) is 5.93. The molecule has 0 fully saturated rings. The lowest BCUT2D eigenvalue weighted by atomic mass is 10.1. The summed E-state index contributed by atoms with van der Waals surface area (Å²) in [6.07, 6.45) is 0. The molecule has 0 saturated heterocycles. The molecule has 5 rings (SSSR count). The number of hydrogen-bond acceptors (Lipinski definition) is 4. The number of fused-ring (bicyclic) bond motifs is 2. The van der Waals surface area contributed by atoms with E-state index in [1.165, 1.54) is 11.8 Å². The molecule has 168 valence electrons. The highest BCUT2D eigenvalue weighted by atomic mass is 32.2. The molecule has 1 N–H and O–H groups in total. The van der Waals surface area contributed by atoms with E-state index in [9.17, 15) is 9.59 Å². The molecule has 34 heavy (non-hydrogen) atoms. The number of aryl methyl sites for hydroxylation is 1. The zero-order chi connectivity index (χ0) is 23.7. The Labute approximate surface area is 201 Å². The van der Waals surface area contributed by atoms with Crippen LogP contribution < -0.4 is 10.9 Å². The smallest absolute Gasteiger partial charge is 0.266 e. The van der Waals surface area contributed by atoms with E-state index in [1.54, 1.807) is 10.6 Å². The first kappa shape index (κ1) is 21.9. The van der Waals surface area contributed by atoms with Crippen LogP contribution >= 0.6 is 11.8 Å². The number of rotatable bonds is 5. The van der Waals surface area contributed by atoms with Crippen LogP contribution in [0.25, 0.3) is 27.4 Å². The van der Waals surface area contributed by atoms with E-state index >= 15 is 0 Å². The first-order chi connectivity index (χ1) is 16.5. The molecule has 1 aromatic heterocycles. The lowest BCUT2D eigenvalue weighted by Crippen LogP contribution is -2.23. The fraction of sp³-hybridized carbons (Fsp3) is 0.107. The minimum atomic E-state index is -0.157. The van der Waals surface area contributed by atoms with E-state index in [0.29, 0.717) is 16.1 Å². The van der Waals surface area contributed by atoms with Gasteiger partial charge in [-0.1, -0.05) is 66.4 Å². The lowest BCUT2D eigenvalue weighted by molar-refractivity contribution is -0.113. The predicted molar refractivity (Wildman–Crippen MR) is 140 cm³/mol. The zero-order valence-corrected chi connectivity index (χ0v) is 19.7. The summed E-state index contributed by atoms with van der Waals surface area (Å²) in [6.45, 7) is 4.01. The van der Waals surface area contributed by atoms with Crippen molar-refractivity contribution < 1.29 is 4.79 Å². The SMILES string of the molecule is Cc1cccc(-n2c(SCC(=O)Nc3ccc4ccccc4c3)nc3ccccc3c2=O)c1C. The van der Waals surface area contributed by atoms with Gasteiger partial charge in [-0.3, -0.25) is 14.2 Å². The Balaban J connectivity index is 1.47. The van der Waals surface area contributed by atoms with Gasteiger partial charge in [0.2, 0.25) is 5.91 Å². The van der Waals surface area contributed by atoms with E-state index in [2.05, 4.69) is 5.32 Å². The molecule has 0 spiro atoms. The maximum Gasteiger partial charge on any atom is 0.266 e. The van der Waals surface area contributed by atoms with Crippen LogP contribution in [0.15, 0.2) is 94.9 Å². The van der Waals surface area contributed by atoms with Gasteiger partial charge in [-0.15, -0.1) is 0 Å². The number of carbonyl (C=O) groups is 1. The van der Waals surface area contributed by atoms with Gasteiger partial charge in [-0.25, -0.2) is 4.98 Å². The van der Waals surface area contributed by atoms with Crippen molar-refractivity contribution in [3.05, 3.63) is 106 Å². The van der Waals surface area contributed by atoms with Crippen molar-refractivity contribution in [3.8, 4) is 5.69 Å². The van der Waals surface area contributed by atoms with E-state index in [-0.39, 0.29) is 17.2 Å². The molecule has 6 heteroatoms. The van der Waals surface area contributed by atoms with Crippen molar-refractivity contribution in [2.75, 3.05) is 11.1 Å². The molecule has 5 aromatic rings. The summed E-state index contributed by atoms with van der Waals surface area (Å²) in [6, 6.07) is 27.0. The van der Waals surface area contributed by atoms with Crippen molar-refractivity contribution in [1.82, 2.24) is 9.55 Å². The van der Waals surface area contributed by atoms with Gasteiger partial charge >= 0.3 is 0 Å². The van der Waals surface area contributed by atoms with Gasteiger partial charge in [0, 0.05) is 5.69 Å². The van der Waals surface area contributed by atoms with Crippen LogP contribution in [-0.2, 0) is 4.79 Å². The van der Waals surface area contributed by atoms with E-state index in [0.717, 1.165) is 33.3 Å². The highest BCUT2D eigenvalue weighted by Crippen LogP contribution is 2.25. The Morgan fingerprint density at radius 2 is 1.68 bits per heavy atom. The van der Waals surface area contributed by atoms with Gasteiger partial charge in [0.15, 0.2) is 5.16 Å². The summed E-state index contributed by atoms with van der Waals surface area (Å²) >= 11 is 1.26. The van der Waals surface area contributed by atoms with Crippen molar-refractivity contribution in [3.63, 3.8) is 0 Å². The van der Waals surface area contributed by atoms with Crippen molar-refractivity contribution in [2.45, 2.75) is 19.0 Å². The van der Waals surface area contributed by atoms with Gasteiger partial charge in [0.05, 0.1) is 22.3 Å². The summed E-state index contributed by atoms with van der Waals surface area (Å²) in [4.78, 5) is 31.0. The molecule has 0 unspecified atom stereocenters. The molecule has 0 aliphatic heterocycles. The Morgan fingerprint density at radius 3 is 2.53 bits per heavy atom. The zero-order valence-electron chi connectivity index (χ0n) is 18.9. The largest absolute Gasteiger partial charge is 0.325 e. The molecule has 0 saturated carbocycles. The van der Waals surface area contributed by atoms with Crippen molar-refractivity contribution >= 4 is 45.0 Å². The number of anilines is 1. The topological polar surface area (TPSA) is 64.0 Å². The molecule has 0 aliphatic carbocycles. The van der Waals surface area contributed by atoms with Gasteiger partial charge < -0.3 is 5.32 Å². The number of thioether (sulfide) groups is 1. The second kappa shape index (κ2) is 9.15. The molecule has 1 heterocycles. The van der Waals surface area contributed by atoms with Crippen LogP contribution in [0.5, 0.6) is 0 Å². The lowest BCUT2D eigenvalue weighted by Gasteiger charge is -2.16. The second-order valence-electron chi connectivity index (χ2n) is 8.17. The molecule has 0 atom stereocenters. The predicted octanol–water partition coefficient (Wildman–Crippen LogP) is 5.89. The first-order valence-electron chi connectivity index (χ1n) is 11.0. The van der Waals surface area contributed by atoms with Crippen LogP contribution in [-0.4, -0.2) is 21.2 Å². The highest BCUT2D eigenvalue weighted by Gasteiger charge is 2.16. The summed E-state index contributed by atoms with van der Waals surface area (Å²) in [5.41, 5.74) is 4.08. The average molecular weight is 466 g/mol. The van der Waals surface area contributed by atoms with E-state index < -0.39 is 0 Å². The normalized spacial score (nSPS) is 11.1. The number of para-hydroxylation sites is 1. The minimum absolute atomic E-state index is 0.127. The minimum Gasteiger partial charge on any atom is -0.325 e. The quantitative estimate of drug-likeness (QED) is 0.260. The highest BCUT2D eigenvalue weighted by molar-refractivity contribution is 7.99. The Bertz CT molecular complexity index is 1610. The Kier molecular flexibility index (Phi) is 5.90. The number of nitrogens with zero attached hydrogens (tertiary/aromatic N) is 2. The molecular formula is C28H23N3O2S. The molecular weight excluding hydrogens is 442 g/mol. The third kappa shape index (κ3) is 4.20. The van der Waals surface area contributed by atoms with Crippen molar-refractivity contribution in [1.29, 1.82) is 0 Å². The molecule has 4 aromatic carbocycles. The third-order valence-corrected chi connectivity index (χ3v) is 6.87. The number of nitrogens with one attached hydrogen (secondary N) is 1. The average Bonchev–Trinajstić information content (AvgIpc) is 2.85. The monoisotopic (exact) mass is 465 g/mol.